The minimum Gasteiger partial charge on any atom is -0.495 e. The van der Waals surface area contributed by atoms with Gasteiger partial charge in [0, 0.05) is 16.9 Å². The maximum absolute atomic E-state index is 13.8. The molecule has 0 spiro atoms. The van der Waals surface area contributed by atoms with Crippen molar-refractivity contribution in [1.82, 2.24) is 4.98 Å². The predicted octanol–water partition coefficient (Wildman–Crippen LogP) is 4.88. The van der Waals surface area contributed by atoms with Gasteiger partial charge in [-0.2, -0.15) is 0 Å². The van der Waals surface area contributed by atoms with Crippen LogP contribution in [0, 0.1) is 5.82 Å². The molecule has 132 valence electrons. The van der Waals surface area contributed by atoms with Gasteiger partial charge in [-0.1, -0.05) is 23.7 Å². The average Bonchev–Trinajstić information content (AvgIpc) is 2.64. The molecule has 1 heterocycles. The minimum absolute atomic E-state index is 0.161. The molecular formula is C19H15ClFN3O2. The van der Waals surface area contributed by atoms with Gasteiger partial charge in [0.15, 0.2) is 0 Å². The lowest BCUT2D eigenvalue weighted by molar-refractivity contribution is 0.102. The van der Waals surface area contributed by atoms with E-state index in [4.69, 9.17) is 16.3 Å². The number of nitrogens with zero attached hydrogens (tertiary/aromatic N) is 1. The minimum atomic E-state index is -0.442. The number of anilines is 3. The van der Waals surface area contributed by atoms with Crippen LogP contribution < -0.4 is 15.4 Å². The number of aromatic nitrogens is 1. The Bertz CT molecular complexity index is 950. The van der Waals surface area contributed by atoms with E-state index in [0.29, 0.717) is 27.8 Å². The fourth-order valence-corrected chi connectivity index (χ4v) is 2.49. The van der Waals surface area contributed by atoms with Crippen LogP contribution >= 0.6 is 11.6 Å². The predicted molar refractivity (Wildman–Crippen MR) is 99.9 cm³/mol. The summed E-state index contributed by atoms with van der Waals surface area (Å²) < 4.78 is 19.0. The van der Waals surface area contributed by atoms with Crippen LogP contribution in [0.25, 0.3) is 0 Å². The number of rotatable bonds is 5. The molecule has 0 atom stereocenters. The van der Waals surface area contributed by atoms with Crippen LogP contribution in [0.4, 0.5) is 21.5 Å². The summed E-state index contributed by atoms with van der Waals surface area (Å²) in [6.45, 7) is 0. The normalized spacial score (nSPS) is 10.3. The second-order valence-corrected chi connectivity index (χ2v) is 5.77. The summed E-state index contributed by atoms with van der Waals surface area (Å²) in [5.41, 5.74) is 1.43. The molecule has 26 heavy (non-hydrogen) atoms. The number of halogens is 2. The molecule has 2 N–H and O–H groups in total. The van der Waals surface area contributed by atoms with Crippen LogP contribution in [-0.4, -0.2) is 18.0 Å². The third kappa shape index (κ3) is 4.10. The Morgan fingerprint density at radius 2 is 1.92 bits per heavy atom. The molecule has 0 fully saturated rings. The fourth-order valence-electron chi connectivity index (χ4n) is 2.31. The van der Waals surface area contributed by atoms with Gasteiger partial charge in [0.1, 0.15) is 17.3 Å². The number of carbonyl (C=O) groups is 1. The topological polar surface area (TPSA) is 63.2 Å². The average molecular weight is 372 g/mol. The molecule has 1 aromatic heterocycles. The van der Waals surface area contributed by atoms with Gasteiger partial charge in [-0.05, 0) is 42.5 Å². The number of carbonyl (C=O) groups excluding carboxylic acids is 1. The van der Waals surface area contributed by atoms with Gasteiger partial charge in [-0.15, -0.1) is 0 Å². The zero-order chi connectivity index (χ0) is 18.5. The lowest BCUT2D eigenvalue weighted by Crippen LogP contribution is -2.14. The summed E-state index contributed by atoms with van der Waals surface area (Å²) in [7, 11) is 1.50. The Morgan fingerprint density at radius 1 is 1.12 bits per heavy atom. The second kappa shape index (κ2) is 7.84. The van der Waals surface area contributed by atoms with E-state index < -0.39 is 5.91 Å². The molecule has 5 nitrogen and oxygen atoms in total. The third-order valence-corrected chi connectivity index (χ3v) is 3.79. The van der Waals surface area contributed by atoms with Crippen molar-refractivity contribution in [3.63, 3.8) is 0 Å². The largest absolute Gasteiger partial charge is 0.495 e. The summed E-state index contributed by atoms with van der Waals surface area (Å²) >= 11 is 5.97. The maximum Gasteiger partial charge on any atom is 0.274 e. The quantitative estimate of drug-likeness (QED) is 0.671. The molecule has 0 aliphatic carbocycles. The fraction of sp³-hybridized carbons (Fsp3) is 0.0526. The zero-order valence-electron chi connectivity index (χ0n) is 13.8. The molecule has 0 radical (unpaired) electrons. The number of pyridine rings is 1. The van der Waals surface area contributed by atoms with Gasteiger partial charge >= 0.3 is 0 Å². The first-order valence-electron chi connectivity index (χ1n) is 7.69. The number of nitrogens with one attached hydrogen (secondary N) is 2. The van der Waals surface area contributed by atoms with E-state index in [-0.39, 0.29) is 11.5 Å². The summed E-state index contributed by atoms with van der Waals surface area (Å²) in [4.78, 5) is 16.5. The molecular weight excluding hydrogens is 357 g/mol. The second-order valence-electron chi connectivity index (χ2n) is 5.33. The van der Waals surface area contributed by atoms with Crippen LogP contribution in [0.2, 0.25) is 5.02 Å². The number of methoxy groups -OCH3 is 1. The summed E-state index contributed by atoms with van der Waals surface area (Å²) in [6.07, 6.45) is 1.47. The molecule has 2 aromatic carbocycles. The molecule has 0 bridgehead atoms. The van der Waals surface area contributed by atoms with Gasteiger partial charge in [0.05, 0.1) is 18.5 Å². The number of para-hydroxylation sites is 1. The monoisotopic (exact) mass is 371 g/mol. The summed E-state index contributed by atoms with van der Waals surface area (Å²) in [6, 6.07) is 14.3. The molecule has 0 aliphatic heterocycles. The third-order valence-electron chi connectivity index (χ3n) is 3.56. The van der Waals surface area contributed by atoms with E-state index in [0.717, 1.165) is 0 Å². The summed E-state index contributed by atoms with van der Waals surface area (Å²) in [5, 5.41) is 6.09. The van der Waals surface area contributed by atoms with E-state index in [9.17, 15) is 9.18 Å². The van der Waals surface area contributed by atoms with E-state index in [1.54, 1.807) is 42.5 Å². The molecule has 0 aliphatic rings. The van der Waals surface area contributed by atoms with Crippen molar-refractivity contribution in [1.29, 1.82) is 0 Å². The highest BCUT2D eigenvalue weighted by atomic mass is 35.5. The van der Waals surface area contributed by atoms with Crippen molar-refractivity contribution < 1.29 is 13.9 Å². The van der Waals surface area contributed by atoms with Crippen LogP contribution in [0.3, 0.4) is 0 Å². The summed E-state index contributed by atoms with van der Waals surface area (Å²) in [5.74, 6) is -0.356. The van der Waals surface area contributed by atoms with Crippen LogP contribution in [0.1, 0.15) is 10.5 Å². The lowest BCUT2D eigenvalue weighted by atomic mass is 10.2. The standard InChI is InChI=1S/C19H15ClFN3O2/c1-26-18-7-6-12(20)10-16(18)24-19(25)17-11-13(8-9-22-17)23-15-5-3-2-4-14(15)21/h2-11H,1H3,(H,22,23)(H,24,25). The number of hydrogen-bond donors (Lipinski definition) is 2. The van der Waals surface area contributed by atoms with E-state index in [1.165, 1.54) is 25.4 Å². The molecule has 1 amide bonds. The Labute approximate surface area is 154 Å². The maximum atomic E-state index is 13.8. The number of ether oxygens (including phenoxy) is 1. The van der Waals surface area contributed by atoms with Crippen LogP contribution in [0.5, 0.6) is 5.75 Å². The molecule has 0 unspecified atom stereocenters. The van der Waals surface area contributed by atoms with Gasteiger partial charge in [0.2, 0.25) is 0 Å². The highest BCUT2D eigenvalue weighted by Gasteiger charge is 2.12. The SMILES string of the molecule is COc1ccc(Cl)cc1NC(=O)c1cc(Nc2ccccc2F)ccn1. The molecule has 3 aromatic rings. The van der Waals surface area contributed by atoms with Gasteiger partial charge in [-0.3, -0.25) is 9.78 Å². The smallest absolute Gasteiger partial charge is 0.274 e. The Balaban J connectivity index is 1.81. The van der Waals surface area contributed by atoms with Crippen molar-refractivity contribution in [3.05, 3.63) is 77.3 Å². The van der Waals surface area contributed by atoms with Crippen molar-refractivity contribution in [2.24, 2.45) is 0 Å². The van der Waals surface area contributed by atoms with E-state index in [1.807, 2.05) is 0 Å². The number of benzene rings is 2. The van der Waals surface area contributed by atoms with E-state index >= 15 is 0 Å². The first kappa shape index (κ1) is 17.7. The Hall–Kier alpha value is -3.12. The van der Waals surface area contributed by atoms with Crippen molar-refractivity contribution in [3.8, 4) is 5.75 Å². The highest BCUT2D eigenvalue weighted by Crippen LogP contribution is 2.28. The van der Waals surface area contributed by atoms with Crippen LogP contribution in [0.15, 0.2) is 60.8 Å². The van der Waals surface area contributed by atoms with E-state index in [2.05, 4.69) is 15.6 Å². The first-order chi connectivity index (χ1) is 12.6. The highest BCUT2D eigenvalue weighted by molar-refractivity contribution is 6.31. The van der Waals surface area contributed by atoms with Gasteiger partial charge < -0.3 is 15.4 Å². The van der Waals surface area contributed by atoms with Crippen molar-refractivity contribution >= 4 is 34.6 Å². The molecule has 0 saturated carbocycles. The lowest BCUT2D eigenvalue weighted by Gasteiger charge is -2.11. The number of amides is 1. The Kier molecular flexibility index (Phi) is 5.34. The molecule has 7 heteroatoms. The Morgan fingerprint density at radius 3 is 2.69 bits per heavy atom. The number of hydrogen-bond acceptors (Lipinski definition) is 4. The molecule has 0 saturated heterocycles. The molecule has 3 rings (SSSR count). The van der Waals surface area contributed by atoms with Crippen LogP contribution in [-0.2, 0) is 0 Å². The zero-order valence-corrected chi connectivity index (χ0v) is 14.5. The van der Waals surface area contributed by atoms with Crippen molar-refractivity contribution in [2.45, 2.75) is 0 Å². The van der Waals surface area contributed by atoms with Gasteiger partial charge in [-0.25, -0.2) is 4.39 Å². The van der Waals surface area contributed by atoms with Gasteiger partial charge in [0.25, 0.3) is 5.91 Å². The van der Waals surface area contributed by atoms with Crippen molar-refractivity contribution in [2.75, 3.05) is 17.7 Å². The first-order valence-corrected chi connectivity index (χ1v) is 8.07.